The molecule has 1 saturated heterocycles. The van der Waals surface area contributed by atoms with Crippen molar-refractivity contribution in [2.24, 2.45) is 5.92 Å². The Bertz CT molecular complexity index is 525. The van der Waals surface area contributed by atoms with E-state index >= 15 is 0 Å². The second kappa shape index (κ2) is 4.86. The standard InChI is InChI=1S/C16H20N2O2/c19-14(8-11-9-20-6-5-17-11)18-16-13-7-10-3-1-2-4-12(10)15(13)16/h1-4,11,13,15-17H,5-9H2,(H,18,19). The molecule has 3 aliphatic rings. The molecule has 1 heterocycles. The van der Waals surface area contributed by atoms with Gasteiger partial charge in [0.25, 0.3) is 0 Å². The van der Waals surface area contributed by atoms with Crippen LogP contribution in [0.3, 0.4) is 0 Å². The summed E-state index contributed by atoms with van der Waals surface area (Å²) in [6.45, 7) is 2.25. The molecule has 4 atom stereocenters. The summed E-state index contributed by atoms with van der Waals surface area (Å²) < 4.78 is 5.38. The predicted octanol–water partition coefficient (Wildman–Crippen LogP) is 0.819. The van der Waals surface area contributed by atoms with Crippen molar-refractivity contribution < 1.29 is 9.53 Å². The van der Waals surface area contributed by atoms with Gasteiger partial charge in [0.15, 0.2) is 0 Å². The first-order valence-corrected chi connectivity index (χ1v) is 7.51. The van der Waals surface area contributed by atoms with E-state index in [0.717, 1.165) is 19.6 Å². The van der Waals surface area contributed by atoms with Crippen molar-refractivity contribution in [3.05, 3.63) is 35.4 Å². The van der Waals surface area contributed by atoms with Crippen molar-refractivity contribution in [1.29, 1.82) is 0 Å². The maximum Gasteiger partial charge on any atom is 0.221 e. The van der Waals surface area contributed by atoms with Gasteiger partial charge in [0.2, 0.25) is 5.91 Å². The van der Waals surface area contributed by atoms with E-state index in [1.54, 1.807) is 0 Å². The van der Waals surface area contributed by atoms with Gasteiger partial charge in [-0.3, -0.25) is 4.79 Å². The molecule has 0 radical (unpaired) electrons. The van der Waals surface area contributed by atoms with Crippen LogP contribution in [-0.4, -0.2) is 37.7 Å². The van der Waals surface area contributed by atoms with E-state index in [1.807, 2.05) is 0 Å². The van der Waals surface area contributed by atoms with Crippen LogP contribution in [0.1, 0.15) is 23.5 Å². The van der Waals surface area contributed by atoms with Crippen LogP contribution in [0, 0.1) is 5.92 Å². The third kappa shape index (κ3) is 2.13. The third-order valence-corrected chi connectivity index (χ3v) is 4.80. The molecule has 1 saturated carbocycles. The number of carbonyl (C=O) groups is 1. The van der Waals surface area contributed by atoms with E-state index in [4.69, 9.17) is 4.74 Å². The Balaban J connectivity index is 1.33. The molecular formula is C16H20N2O2. The summed E-state index contributed by atoms with van der Waals surface area (Å²) in [6.07, 6.45) is 1.65. The number of hydrogen-bond acceptors (Lipinski definition) is 3. The van der Waals surface area contributed by atoms with E-state index in [-0.39, 0.29) is 11.9 Å². The van der Waals surface area contributed by atoms with Gasteiger partial charge in [0, 0.05) is 31.0 Å². The second-order valence-electron chi connectivity index (χ2n) is 6.12. The van der Waals surface area contributed by atoms with Crippen molar-refractivity contribution >= 4 is 5.91 Å². The van der Waals surface area contributed by atoms with Crippen LogP contribution in [0.25, 0.3) is 0 Å². The first-order valence-electron chi connectivity index (χ1n) is 7.51. The highest BCUT2D eigenvalue weighted by Crippen LogP contribution is 2.56. The molecule has 1 amide bonds. The molecule has 4 heteroatoms. The number of benzene rings is 1. The van der Waals surface area contributed by atoms with Crippen molar-refractivity contribution in [3.63, 3.8) is 0 Å². The third-order valence-electron chi connectivity index (χ3n) is 4.80. The molecule has 2 aliphatic carbocycles. The smallest absolute Gasteiger partial charge is 0.221 e. The SMILES string of the molecule is O=C(CC1COCCN1)NC1C2Cc3ccccc3C21. The zero-order valence-corrected chi connectivity index (χ0v) is 11.5. The van der Waals surface area contributed by atoms with E-state index in [0.29, 0.717) is 30.9 Å². The fraction of sp³-hybridized carbons (Fsp3) is 0.562. The number of amides is 1. The Morgan fingerprint density at radius 1 is 1.40 bits per heavy atom. The maximum absolute atomic E-state index is 12.1. The highest BCUT2D eigenvalue weighted by Gasteiger charge is 2.56. The first-order chi connectivity index (χ1) is 9.83. The summed E-state index contributed by atoms with van der Waals surface area (Å²) in [5, 5.41) is 6.53. The van der Waals surface area contributed by atoms with Crippen molar-refractivity contribution in [1.82, 2.24) is 10.6 Å². The molecule has 0 spiro atoms. The van der Waals surface area contributed by atoms with Gasteiger partial charge in [-0.1, -0.05) is 24.3 Å². The molecule has 1 aliphatic heterocycles. The normalized spacial score (nSPS) is 34.2. The van der Waals surface area contributed by atoms with Crippen LogP contribution in [0.4, 0.5) is 0 Å². The summed E-state index contributed by atoms with van der Waals surface area (Å²) in [4.78, 5) is 12.1. The average molecular weight is 272 g/mol. The summed E-state index contributed by atoms with van der Waals surface area (Å²) in [5.41, 5.74) is 2.91. The quantitative estimate of drug-likeness (QED) is 0.856. The predicted molar refractivity (Wildman–Crippen MR) is 75.5 cm³/mol. The van der Waals surface area contributed by atoms with Crippen LogP contribution in [0.5, 0.6) is 0 Å². The van der Waals surface area contributed by atoms with Gasteiger partial charge in [-0.05, 0) is 23.5 Å². The van der Waals surface area contributed by atoms with Gasteiger partial charge in [0.1, 0.15) is 0 Å². The Kier molecular flexibility index (Phi) is 3.00. The summed E-state index contributed by atoms with van der Waals surface area (Å²) in [7, 11) is 0. The van der Waals surface area contributed by atoms with Gasteiger partial charge in [0.05, 0.1) is 13.2 Å². The first kappa shape index (κ1) is 12.4. The molecule has 106 valence electrons. The van der Waals surface area contributed by atoms with E-state index in [2.05, 4.69) is 34.9 Å². The van der Waals surface area contributed by atoms with Crippen LogP contribution < -0.4 is 10.6 Å². The van der Waals surface area contributed by atoms with Gasteiger partial charge in [-0.15, -0.1) is 0 Å². The van der Waals surface area contributed by atoms with Crippen LogP contribution in [0.2, 0.25) is 0 Å². The van der Waals surface area contributed by atoms with Crippen LogP contribution in [0.15, 0.2) is 24.3 Å². The van der Waals surface area contributed by atoms with E-state index in [1.165, 1.54) is 11.1 Å². The van der Waals surface area contributed by atoms with Crippen LogP contribution >= 0.6 is 0 Å². The monoisotopic (exact) mass is 272 g/mol. The Labute approximate surface area is 118 Å². The summed E-state index contributed by atoms with van der Waals surface area (Å²) in [5.74, 6) is 1.35. The van der Waals surface area contributed by atoms with E-state index < -0.39 is 0 Å². The molecule has 2 N–H and O–H groups in total. The Morgan fingerprint density at radius 2 is 2.30 bits per heavy atom. The molecular weight excluding hydrogens is 252 g/mol. The number of ether oxygens (including phenoxy) is 1. The number of nitrogens with one attached hydrogen (secondary N) is 2. The second-order valence-corrected chi connectivity index (χ2v) is 6.12. The van der Waals surface area contributed by atoms with Crippen molar-refractivity contribution in [3.8, 4) is 0 Å². The molecule has 20 heavy (non-hydrogen) atoms. The highest BCUT2D eigenvalue weighted by molar-refractivity contribution is 5.78. The lowest BCUT2D eigenvalue weighted by atomic mass is 10.0. The zero-order chi connectivity index (χ0) is 13.5. The lowest BCUT2D eigenvalue weighted by Gasteiger charge is -2.23. The van der Waals surface area contributed by atoms with Gasteiger partial charge >= 0.3 is 0 Å². The minimum atomic E-state index is 0.157. The summed E-state index contributed by atoms with van der Waals surface area (Å²) in [6, 6.07) is 9.16. The molecule has 4 rings (SSSR count). The Morgan fingerprint density at radius 3 is 3.15 bits per heavy atom. The Hall–Kier alpha value is -1.39. The van der Waals surface area contributed by atoms with Gasteiger partial charge in [-0.2, -0.15) is 0 Å². The molecule has 1 aromatic carbocycles. The lowest BCUT2D eigenvalue weighted by molar-refractivity contribution is -0.122. The average Bonchev–Trinajstić information content (AvgIpc) is 2.97. The largest absolute Gasteiger partial charge is 0.378 e. The number of carbonyl (C=O) groups excluding carboxylic acids is 1. The van der Waals surface area contributed by atoms with Gasteiger partial charge < -0.3 is 15.4 Å². The van der Waals surface area contributed by atoms with E-state index in [9.17, 15) is 4.79 Å². The number of fused-ring (bicyclic) bond motifs is 3. The number of hydrogen-bond donors (Lipinski definition) is 2. The number of rotatable bonds is 3. The lowest BCUT2D eigenvalue weighted by Crippen LogP contribution is -2.44. The zero-order valence-electron chi connectivity index (χ0n) is 11.5. The van der Waals surface area contributed by atoms with Crippen molar-refractivity contribution in [2.45, 2.75) is 30.8 Å². The number of morpholine rings is 1. The minimum Gasteiger partial charge on any atom is -0.378 e. The minimum absolute atomic E-state index is 0.157. The van der Waals surface area contributed by atoms with Gasteiger partial charge in [-0.25, -0.2) is 0 Å². The highest BCUT2D eigenvalue weighted by atomic mass is 16.5. The molecule has 4 nitrogen and oxygen atoms in total. The molecule has 0 bridgehead atoms. The van der Waals surface area contributed by atoms with Crippen LogP contribution in [-0.2, 0) is 16.0 Å². The fourth-order valence-corrected chi connectivity index (χ4v) is 3.77. The summed E-state index contributed by atoms with van der Waals surface area (Å²) >= 11 is 0. The maximum atomic E-state index is 12.1. The molecule has 2 fully saturated rings. The topological polar surface area (TPSA) is 50.4 Å². The molecule has 0 aromatic heterocycles. The molecule has 1 aromatic rings. The molecule has 4 unspecified atom stereocenters. The fourth-order valence-electron chi connectivity index (χ4n) is 3.77. The van der Waals surface area contributed by atoms with Crippen molar-refractivity contribution in [2.75, 3.05) is 19.8 Å².